The Hall–Kier alpha value is -1.80. The van der Waals surface area contributed by atoms with E-state index < -0.39 is 0 Å². The van der Waals surface area contributed by atoms with Crippen LogP contribution in [0.5, 0.6) is 0 Å². The molecule has 0 heterocycles. The Morgan fingerprint density at radius 3 is 2.64 bits per heavy atom. The van der Waals surface area contributed by atoms with Crippen LogP contribution in [0.3, 0.4) is 0 Å². The van der Waals surface area contributed by atoms with Crippen LogP contribution in [0.15, 0.2) is 24.2 Å². The summed E-state index contributed by atoms with van der Waals surface area (Å²) in [5, 5.41) is 8.48. The predicted molar refractivity (Wildman–Crippen MR) is 42.0 cm³/mol. The largest absolute Gasteiger partial charge is 0.238 e. The Labute approximate surface area is 71.1 Å². The van der Waals surface area contributed by atoms with Crippen LogP contribution in [0.4, 0.5) is 5.69 Å². The topological polar surface area (TPSA) is 28.1 Å². The molecule has 2 heteroatoms. The monoisotopic (exact) mass is 146 g/mol. The lowest BCUT2D eigenvalue weighted by molar-refractivity contribution is 1.27. The molecule has 0 radical (unpaired) electrons. The van der Waals surface area contributed by atoms with Gasteiger partial charge in [0.2, 0.25) is 0 Å². The molecule has 0 aliphatic heterocycles. The fraction of sp³-hybridized carbons (Fsp3) is 0.111. The molecule has 0 aliphatic rings. The summed E-state index contributed by atoms with van der Waals surface area (Å²) < 4.78 is 29.9. The first-order valence-corrected chi connectivity index (χ1v) is 2.88. The molecule has 0 atom stereocenters. The first-order valence-electron chi connectivity index (χ1n) is 4.88. The molecule has 1 aromatic carbocycles. The fourth-order valence-electron chi connectivity index (χ4n) is 0.555. The molecule has 0 saturated heterocycles. The second kappa shape index (κ2) is 3.39. The van der Waals surface area contributed by atoms with E-state index in [4.69, 9.17) is 17.3 Å². The van der Waals surface area contributed by atoms with Crippen molar-refractivity contribution < 1.29 is 5.48 Å². The molecule has 0 fully saturated rings. The maximum Gasteiger partial charge on any atom is 0.187 e. The van der Waals surface area contributed by atoms with Gasteiger partial charge in [-0.05, 0) is 5.56 Å². The summed E-state index contributed by atoms with van der Waals surface area (Å²) in [4.78, 5) is 2.94. The fourth-order valence-corrected chi connectivity index (χ4v) is 0.555. The average Bonchev–Trinajstić information content (AvgIpc) is 2.23. The molecular formula is C9H6N2. The number of nitrogens with zero attached hydrogens (tertiary/aromatic N) is 2. The van der Waals surface area contributed by atoms with E-state index in [1.807, 2.05) is 0 Å². The van der Waals surface area contributed by atoms with Crippen molar-refractivity contribution in [3.05, 3.63) is 41.2 Å². The Balaban J connectivity index is 3.62. The molecule has 0 spiro atoms. The Morgan fingerprint density at radius 1 is 1.55 bits per heavy atom. The number of nitriles is 1. The van der Waals surface area contributed by atoms with E-state index in [1.54, 1.807) is 6.07 Å². The van der Waals surface area contributed by atoms with Crippen LogP contribution in [0.1, 0.15) is 11.0 Å². The highest BCUT2D eigenvalue weighted by Crippen LogP contribution is 2.12. The van der Waals surface area contributed by atoms with Gasteiger partial charge in [0.1, 0.15) is 0 Å². The minimum Gasteiger partial charge on any atom is -0.238 e. The summed E-state index contributed by atoms with van der Waals surface area (Å²) >= 11 is 0. The van der Waals surface area contributed by atoms with E-state index in [9.17, 15) is 0 Å². The first-order chi connectivity index (χ1) is 7.04. The van der Waals surface area contributed by atoms with Crippen molar-refractivity contribution in [3.8, 4) is 6.07 Å². The van der Waals surface area contributed by atoms with Gasteiger partial charge in [0, 0.05) is 2.74 Å². The van der Waals surface area contributed by atoms with E-state index in [0.717, 1.165) is 0 Å². The smallest absolute Gasteiger partial charge is 0.187 e. The molecule has 0 bridgehead atoms. The Morgan fingerprint density at radius 2 is 2.18 bits per heavy atom. The standard InChI is InChI=1S/C9H6N2/c1-11-9-4-2-8(3-5-9)6-7-10/h2-5H,6H2/i2D,3D,4D,5D. The normalized spacial score (nSPS) is 13.3. The van der Waals surface area contributed by atoms with E-state index in [2.05, 4.69) is 4.85 Å². The molecule has 1 rings (SSSR count). The average molecular weight is 146 g/mol. The van der Waals surface area contributed by atoms with Gasteiger partial charge in [-0.25, -0.2) is 4.85 Å². The molecule has 2 nitrogen and oxygen atoms in total. The zero-order valence-electron chi connectivity index (χ0n) is 9.60. The molecule has 0 N–H and O–H groups in total. The second-order valence-electron chi connectivity index (χ2n) is 1.77. The lowest BCUT2D eigenvalue weighted by Crippen LogP contribution is -1.77. The van der Waals surface area contributed by atoms with Gasteiger partial charge in [0.25, 0.3) is 0 Å². The number of rotatable bonds is 1. The lowest BCUT2D eigenvalue weighted by Gasteiger charge is -1.92. The second-order valence-corrected chi connectivity index (χ2v) is 1.77. The Bertz CT molecular complexity index is 467. The highest BCUT2D eigenvalue weighted by Gasteiger charge is 1.91. The quantitative estimate of drug-likeness (QED) is 0.559. The van der Waals surface area contributed by atoms with Crippen LogP contribution < -0.4 is 0 Å². The third-order valence-corrected chi connectivity index (χ3v) is 1.03. The Kier molecular flexibility index (Phi) is 1.09. The van der Waals surface area contributed by atoms with Crippen LogP contribution in [0.25, 0.3) is 4.85 Å². The van der Waals surface area contributed by atoms with Gasteiger partial charge < -0.3 is 0 Å². The van der Waals surface area contributed by atoms with Gasteiger partial charge in [0.15, 0.2) is 5.69 Å². The van der Waals surface area contributed by atoms with E-state index in [-0.39, 0.29) is 41.8 Å². The molecule has 1 aromatic rings. The van der Waals surface area contributed by atoms with Crippen molar-refractivity contribution in [1.29, 1.82) is 5.26 Å². The summed E-state index contributed by atoms with van der Waals surface area (Å²) in [6, 6.07) is 0.412. The molecule has 0 amide bonds. The van der Waals surface area contributed by atoms with Gasteiger partial charge in [0.05, 0.1) is 21.8 Å². The first kappa shape index (κ1) is 3.55. The molecular weight excluding hydrogens is 136 g/mol. The summed E-state index contributed by atoms with van der Waals surface area (Å²) in [6.45, 7) is 6.74. The summed E-state index contributed by atoms with van der Waals surface area (Å²) in [6.07, 6.45) is -0.187. The lowest BCUT2D eigenvalue weighted by atomic mass is 10.1. The number of hydrogen-bond donors (Lipinski definition) is 0. The molecule has 0 unspecified atom stereocenters. The van der Waals surface area contributed by atoms with Gasteiger partial charge in [-0.1, -0.05) is 24.2 Å². The van der Waals surface area contributed by atoms with Crippen LogP contribution in [-0.4, -0.2) is 0 Å². The van der Waals surface area contributed by atoms with E-state index in [1.165, 1.54) is 0 Å². The van der Waals surface area contributed by atoms with Crippen LogP contribution in [0.2, 0.25) is 0 Å². The number of benzene rings is 1. The molecule has 52 valence electrons. The number of hydrogen-bond acceptors (Lipinski definition) is 1. The SMILES string of the molecule is [2H]c1c([2H])c([N+]#[C-])c([2H])c([2H])c1CC#N. The zero-order valence-corrected chi connectivity index (χ0v) is 5.60. The highest BCUT2D eigenvalue weighted by molar-refractivity contribution is 5.45. The maximum atomic E-state index is 8.48. The third-order valence-electron chi connectivity index (χ3n) is 1.03. The van der Waals surface area contributed by atoms with Crippen LogP contribution >= 0.6 is 0 Å². The third kappa shape index (κ3) is 1.81. The van der Waals surface area contributed by atoms with Gasteiger partial charge >= 0.3 is 0 Å². The van der Waals surface area contributed by atoms with Gasteiger partial charge in [-0.3, -0.25) is 0 Å². The van der Waals surface area contributed by atoms with E-state index >= 15 is 0 Å². The minimum absolute atomic E-state index is 0.0416. The van der Waals surface area contributed by atoms with Crippen molar-refractivity contribution in [1.82, 2.24) is 0 Å². The van der Waals surface area contributed by atoms with Crippen molar-refractivity contribution in [2.45, 2.75) is 6.42 Å². The predicted octanol–water partition coefficient (Wildman–Crippen LogP) is 2.30. The molecule has 11 heavy (non-hydrogen) atoms. The molecule has 0 saturated carbocycles. The maximum absolute atomic E-state index is 8.48. The van der Waals surface area contributed by atoms with Crippen LogP contribution in [0, 0.1) is 17.9 Å². The highest BCUT2D eigenvalue weighted by atomic mass is 14.6. The van der Waals surface area contributed by atoms with Crippen molar-refractivity contribution in [2.24, 2.45) is 0 Å². The van der Waals surface area contributed by atoms with Crippen molar-refractivity contribution >= 4 is 5.69 Å². The minimum atomic E-state index is -0.378. The summed E-state index contributed by atoms with van der Waals surface area (Å²) in [7, 11) is 0. The molecule has 0 aliphatic carbocycles. The molecule has 0 aromatic heterocycles. The summed E-state index contributed by atoms with van der Waals surface area (Å²) in [5.74, 6) is 0. The van der Waals surface area contributed by atoms with Crippen molar-refractivity contribution in [2.75, 3.05) is 0 Å². The van der Waals surface area contributed by atoms with Gasteiger partial charge in [-0.2, -0.15) is 5.26 Å². The van der Waals surface area contributed by atoms with E-state index in [0.29, 0.717) is 0 Å². The summed E-state index contributed by atoms with van der Waals surface area (Å²) in [5.41, 5.74) is -0.258. The van der Waals surface area contributed by atoms with Gasteiger partial charge in [-0.15, -0.1) is 0 Å². The van der Waals surface area contributed by atoms with Crippen molar-refractivity contribution in [3.63, 3.8) is 0 Å². The zero-order chi connectivity index (χ0) is 11.6. The van der Waals surface area contributed by atoms with Crippen LogP contribution in [-0.2, 0) is 6.42 Å².